The molecule has 3 aromatic rings. The summed E-state index contributed by atoms with van der Waals surface area (Å²) in [6.07, 6.45) is 1.52. The lowest BCUT2D eigenvalue weighted by Gasteiger charge is -2.20. The fourth-order valence-electron chi connectivity index (χ4n) is 3.81. The van der Waals surface area contributed by atoms with E-state index in [9.17, 15) is 9.18 Å². The van der Waals surface area contributed by atoms with Gasteiger partial charge in [-0.05, 0) is 41.5 Å². The number of ketones is 1. The van der Waals surface area contributed by atoms with Crippen LogP contribution < -0.4 is 15.2 Å². The second-order valence-electron chi connectivity index (χ2n) is 7.82. The summed E-state index contributed by atoms with van der Waals surface area (Å²) in [5.41, 5.74) is 7.56. The molecular weight excluding hydrogens is 421 g/mol. The normalized spacial score (nSPS) is 18.0. The summed E-state index contributed by atoms with van der Waals surface area (Å²) < 4.78 is 25.4. The van der Waals surface area contributed by atoms with Gasteiger partial charge in [0, 0.05) is 17.0 Å². The van der Waals surface area contributed by atoms with Crippen LogP contribution in [0.1, 0.15) is 24.0 Å². The van der Waals surface area contributed by atoms with Gasteiger partial charge in [-0.15, -0.1) is 0 Å². The smallest absolute Gasteiger partial charge is 0.210 e. The number of Topliss-reactive ketones (excluding diaryl/α,β-unsaturated/α-hetero) is 1. The average Bonchev–Trinajstić information content (AvgIpc) is 3.26. The van der Waals surface area contributed by atoms with E-state index in [1.807, 2.05) is 30.3 Å². The summed E-state index contributed by atoms with van der Waals surface area (Å²) in [6.45, 7) is 1.69. The van der Waals surface area contributed by atoms with Crippen molar-refractivity contribution in [3.63, 3.8) is 0 Å². The molecule has 0 bridgehead atoms. The number of carbonyl (C=O) groups excluding carboxylic acids is 1. The summed E-state index contributed by atoms with van der Waals surface area (Å²) in [6, 6.07) is 19.3. The predicted molar refractivity (Wildman–Crippen MR) is 125 cm³/mol. The first-order valence-electron chi connectivity index (χ1n) is 10.4. The second-order valence-corrected chi connectivity index (χ2v) is 7.82. The third kappa shape index (κ3) is 4.27. The zero-order valence-corrected chi connectivity index (χ0v) is 18.6. The Morgan fingerprint density at radius 1 is 0.970 bits per heavy atom. The second kappa shape index (κ2) is 8.96. The van der Waals surface area contributed by atoms with E-state index in [1.54, 1.807) is 44.4 Å². The van der Waals surface area contributed by atoms with Crippen molar-refractivity contribution in [2.24, 2.45) is 16.0 Å². The fraction of sp³-hybridized carbons (Fsp3) is 0.192. The van der Waals surface area contributed by atoms with Crippen LogP contribution in [-0.4, -0.2) is 25.7 Å². The first-order valence-corrected chi connectivity index (χ1v) is 10.4. The monoisotopic (exact) mass is 445 g/mol. The van der Waals surface area contributed by atoms with Gasteiger partial charge in [0.15, 0.2) is 17.3 Å². The van der Waals surface area contributed by atoms with Crippen LogP contribution in [0.5, 0.6) is 11.5 Å². The highest BCUT2D eigenvalue weighted by Crippen LogP contribution is 2.36. The highest BCUT2D eigenvalue weighted by molar-refractivity contribution is 5.97. The van der Waals surface area contributed by atoms with E-state index in [-0.39, 0.29) is 5.78 Å². The number of ether oxygens (including phenoxy) is 2. The number of hydrogen-bond acceptors (Lipinski definition) is 6. The maximum Gasteiger partial charge on any atom is 0.210 e. The standard InChI is InChI=1S/C26H24FN3O3/c1-16(18-9-11-20(21(27)13-18)17-7-5-4-6-8-17)25(31)26(28)15-22(29-30-26)19-10-12-23(32-2)24(14-19)33-3/h4-16H,28H2,1-3H3. The Labute approximate surface area is 191 Å². The Hall–Kier alpha value is -3.84. The largest absolute Gasteiger partial charge is 0.493 e. The van der Waals surface area contributed by atoms with E-state index in [2.05, 4.69) is 10.2 Å². The van der Waals surface area contributed by atoms with Crippen LogP contribution >= 0.6 is 0 Å². The highest BCUT2D eigenvalue weighted by atomic mass is 19.1. The third-order valence-corrected chi connectivity index (χ3v) is 5.73. The van der Waals surface area contributed by atoms with Crippen LogP contribution in [0.3, 0.4) is 0 Å². The molecule has 1 aliphatic heterocycles. The van der Waals surface area contributed by atoms with Gasteiger partial charge in [0.25, 0.3) is 0 Å². The number of rotatable bonds is 7. The molecule has 0 amide bonds. The van der Waals surface area contributed by atoms with Gasteiger partial charge in [-0.3, -0.25) is 10.5 Å². The van der Waals surface area contributed by atoms with Crippen molar-refractivity contribution < 1.29 is 18.7 Å². The van der Waals surface area contributed by atoms with Gasteiger partial charge in [0.05, 0.1) is 19.9 Å². The molecule has 7 heteroatoms. The Morgan fingerprint density at radius 2 is 1.70 bits per heavy atom. The number of methoxy groups -OCH3 is 2. The van der Waals surface area contributed by atoms with Gasteiger partial charge in [-0.2, -0.15) is 10.2 Å². The maximum absolute atomic E-state index is 14.8. The van der Waals surface area contributed by atoms with Crippen molar-refractivity contribution in [3.8, 4) is 22.6 Å². The molecule has 2 unspecified atom stereocenters. The van der Waals surface area contributed by atoms with Gasteiger partial charge in [-0.25, -0.2) is 4.39 Å². The number of azo groups is 1. The average molecular weight is 445 g/mol. The molecule has 2 N–H and O–H groups in total. The first-order chi connectivity index (χ1) is 15.9. The lowest BCUT2D eigenvalue weighted by atomic mass is 9.88. The van der Waals surface area contributed by atoms with Crippen LogP contribution in [0.15, 0.2) is 83.0 Å². The van der Waals surface area contributed by atoms with Gasteiger partial charge in [0.1, 0.15) is 5.82 Å². The molecule has 168 valence electrons. The molecule has 2 atom stereocenters. The van der Waals surface area contributed by atoms with Crippen molar-refractivity contribution in [1.82, 2.24) is 0 Å². The van der Waals surface area contributed by atoms with Gasteiger partial charge < -0.3 is 9.47 Å². The third-order valence-electron chi connectivity index (χ3n) is 5.73. The van der Waals surface area contributed by atoms with E-state index in [0.717, 1.165) is 5.56 Å². The molecule has 0 spiro atoms. The Morgan fingerprint density at radius 3 is 2.36 bits per heavy atom. The van der Waals surface area contributed by atoms with Crippen LogP contribution in [0.2, 0.25) is 0 Å². The molecule has 6 nitrogen and oxygen atoms in total. The first kappa shape index (κ1) is 22.4. The molecule has 3 aromatic carbocycles. The van der Waals surface area contributed by atoms with E-state index in [1.165, 1.54) is 19.3 Å². The van der Waals surface area contributed by atoms with Crippen LogP contribution in [0, 0.1) is 5.82 Å². The molecule has 33 heavy (non-hydrogen) atoms. The van der Waals surface area contributed by atoms with Crippen LogP contribution in [0.4, 0.5) is 4.39 Å². The number of carbonyl (C=O) groups is 1. The minimum absolute atomic E-state index is 0.381. The maximum atomic E-state index is 14.8. The summed E-state index contributed by atoms with van der Waals surface area (Å²) in [5.74, 6) is -0.377. The van der Waals surface area contributed by atoms with Crippen LogP contribution in [-0.2, 0) is 4.79 Å². The van der Waals surface area contributed by atoms with Crippen molar-refractivity contribution in [2.45, 2.75) is 18.5 Å². The topological polar surface area (TPSA) is 86.3 Å². The summed E-state index contributed by atoms with van der Waals surface area (Å²) in [4.78, 5) is 13.2. The number of halogens is 1. The molecule has 0 saturated heterocycles. The fourth-order valence-corrected chi connectivity index (χ4v) is 3.81. The Kier molecular flexibility index (Phi) is 6.07. The molecule has 0 aliphatic carbocycles. The van der Waals surface area contributed by atoms with E-state index in [0.29, 0.717) is 33.9 Å². The number of benzene rings is 3. The van der Waals surface area contributed by atoms with E-state index in [4.69, 9.17) is 15.2 Å². The molecule has 1 aliphatic rings. The molecule has 0 aromatic heterocycles. The van der Waals surface area contributed by atoms with Crippen molar-refractivity contribution >= 4 is 11.5 Å². The van der Waals surface area contributed by atoms with Crippen molar-refractivity contribution in [1.29, 1.82) is 0 Å². The summed E-state index contributed by atoms with van der Waals surface area (Å²) in [5, 5.41) is 8.18. The van der Waals surface area contributed by atoms with Gasteiger partial charge in [-0.1, -0.05) is 49.4 Å². The lowest BCUT2D eigenvalue weighted by molar-refractivity contribution is -0.123. The van der Waals surface area contributed by atoms with Gasteiger partial charge >= 0.3 is 0 Å². The lowest BCUT2D eigenvalue weighted by Crippen LogP contribution is -2.45. The molecule has 0 radical (unpaired) electrons. The minimum Gasteiger partial charge on any atom is -0.493 e. The predicted octanol–water partition coefficient (Wildman–Crippen LogP) is 5.34. The number of hydrogen-bond donors (Lipinski definition) is 1. The minimum atomic E-state index is -1.64. The molecule has 0 saturated carbocycles. The van der Waals surface area contributed by atoms with E-state index < -0.39 is 17.4 Å². The van der Waals surface area contributed by atoms with Crippen LogP contribution in [0.25, 0.3) is 16.8 Å². The Balaban J connectivity index is 1.58. The molecule has 0 fully saturated rings. The van der Waals surface area contributed by atoms with Crippen molar-refractivity contribution in [3.05, 3.63) is 89.8 Å². The molecular formula is C26H24FN3O3. The molecule has 4 rings (SSSR count). The zero-order chi connectivity index (χ0) is 23.6. The summed E-state index contributed by atoms with van der Waals surface area (Å²) >= 11 is 0. The van der Waals surface area contributed by atoms with E-state index >= 15 is 0 Å². The summed E-state index contributed by atoms with van der Waals surface area (Å²) in [7, 11) is 3.08. The van der Waals surface area contributed by atoms with Crippen molar-refractivity contribution in [2.75, 3.05) is 14.2 Å². The highest BCUT2D eigenvalue weighted by Gasteiger charge is 2.39. The quantitative estimate of drug-likeness (QED) is 0.532. The zero-order valence-electron chi connectivity index (χ0n) is 18.6. The number of nitrogens with zero attached hydrogens (tertiary/aromatic N) is 2. The molecule has 1 heterocycles. The number of nitrogens with two attached hydrogens (primary N) is 1. The van der Waals surface area contributed by atoms with Gasteiger partial charge in [0.2, 0.25) is 5.66 Å². The SMILES string of the molecule is COc1ccc(C2=CC(N)(C(=O)C(C)c3ccc(-c4ccccc4)c(F)c3)N=N2)cc1OC. The Bertz CT molecular complexity index is 1260.